The highest BCUT2D eigenvalue weighted by Gasteiger charge is 2.54. The molecule has 0 bridgehead atoms. The van der Waals surface area contributed by atoms with E-state index in [9.17, 15) is 61.0 Å². The van der Waals surface area contributed by atoms with Gasteiger partial charge >= 0.3 is 0 Å². The van der Waals surface area contributed by atoms with Gasteiger partial charge in [-0.2, -0.15) is 0 Å². The van der Waals surface area contributed by atoms with Crippen LogP contribution in [0, 0.1) is 0 Å². The van der Waals surface area contributed by atoms with Gasteiger partial charge in [0.15, 0.2) is 18.9 Å². The summed E-state index contributed by atoms with van der Waals surface area (Å²) in [5, 5.41) is 121. The van der Waals surface area contributed by atoms with Gasteiger partial charge in [0, 0.05) is 6.42 Å². The van der Waals surface area contributed by atoms with Crippen molar-refractivity contribution in [3.05, 3.63) is 134 Å². The highest BCUT2D eigenvalue weighted by Crippen LogP contribution is 2.33. The number of carbonyl (C=O) groups is 1. The summed E-state index contributed by atoms with van der Waals surface area (Å²) in [7, 11) is 0. The maximum Gasteiger partial charge on any atom is 0.220 e. The van der Waals surface area contributed by atoms with Crippen molar-refractivity contribution in [2.24, 2.45) is 0 Å². The molecule has 3 fully saturated rings. The number of aliphatic hydroxyl groups is 11. The van der Waals surface area contributed by atoms with Crippen molar-refractivity contribution in [1.29, 1.82) is 0 Å². The van der Waals surface area contributed by atoms with E-state index >= 15 is 0 Å². The first-order valence-corrected chi connectivity index (χ1v) is 39.9. The Labute approximate surface area is 620 Å². The summed E-state index contributed by atoms with van der Waals surface area (Å²) < 4.78 is 34.4. The van der Waals surface area contributed by atoms with E-state index in [1.807, 2.05) is 6.08 Å². The van der Waals surface area contributed by atoms with Crippen molar-refractivity contribution >= 4 is 5.91 Å². The van der Waals surface area contributed by atoms with E-state index in [-0.39, 0.29) is 18.9 Å². The Morgan fingerprint density at radius 3 is 1.05 bits per heavy atom. The highest BCUT2D eigenvalue weighted by atomic mass is 16.8. The Bertz CT molecular complexity index is 2380. The van der Waals surface area contributed by atoms with Crippen LogP contribution in [0.3, 0.4) is 0 Å². The van der Waals surface area contributed by atoms with Crippen molar-refractivity contribution in [3.8, 4) is 0 Å². The lowest BCUT2D eigenvalue weighted by atomic mass is 9.96. The van der Waals surface area contributed by atoms with E-state index in [1.165, 1.54) is 103 Å². The van der Waals surface area contributed by atoms with Gasteiger partial charge < -0.3 is 89.9 Å². The van der Waals surface area contributed by atoms with Crippen LogP contribution in [0.4, 0.5) is 0 Å². The van der Waals surface area contributed by atoms with Crippen LogP contribution in [0.25, 0.3) is 0 Å². The molecule has 3 aliphatic heterocycles. The fourth-order valence-electron chi connectivity index (χ4n) is 12.6. The molecule has 19 heteroatoms. The summed E-state index contributed by atoms with van der Waals surface area (Å²) in [6, 6.07) is -0.992. The van der Waals surface area contributed by atoms with Crippen molar-refractivity contribution in [3.63, 3.8) is 0 Å². The summed E-state index contributed by atoms with van der Waals surface area (Å²) in [6.07, 6.45) is 62.8. The number of hydrogen-bond acceptors (Lipinski definition) is 18. The van der Waals surface area contributed by atoms with Crippen LogP contribution < -0.4 is 5.32 Å². The molecular weight excluding hydrogens is 1310 g/mol. The predicted molar refractivity (Wildman–Crippen MR) is 410 cm³/mol. The Hall–Kier alpha value is -4.07. The van der Waals surface area contributed by atoms with Crippen molar-refractivity contribution in [2.75, 3.05) is 26.4 Å². The average molecular weight is 1450 g/mol. The molecular formula is C84H141NO18. The number of ether oxygens (including phenoxy) is 6. The van der Waals surface area contributed by atoms with Gasteiger partial charge in [-0.05, 0) is 96.3 Å². The monoisotopic (exact) mass is 1450 g/mol. The highest BCUT2D eigenvalue weighted by molar-refractivity contribution is 5.76. The molecule has 3 saturated heterocycles. The smallest absolute Gasteiger partial charge is 0.220 e. The molecule has 17 unspecified atom stereocenters. The number of unbranched alkanes of at least 4 members (excludes halogenated alkanes) is 25. The van der Waals surface area contributed by atoms with Gasteiger partial charge in [0.25, 0.3) is 0 Å². The van der Waals surface area contributed by atoms with Crippen molar-refractivity contribution < 1.29 is 89.4 Å². The van der Waals surface area contributed by atoms with Crippen LogP contribution in [0.2, 0.25) is 0 Å². The second-order valence-corrected chi connectivity index (χ2v) is 27.8. The molecule has 19 nitrogen and oxygen atoms in total. The summed E-state index contributed by atoms with van der Waals surface area (Å²) in [5.74, 6) is -0.294. The van der Waals surface area contributed by atoms with Crippen molar-refractivity contribution in [1.82, 2.24) is 5.32 Å². The van der Waals surface area contributed by atoms with Crippen LogP contribution in [0.15, 0.2) is 134 Å². The predicted octanol–water partition coefficient (Wildman–Crippen LogP) is 13.3. The molecule has 0 aromatic heterocycles. The van der Waals surface area contributed by atoms with Crippen LogP contribution >= 0.6 is 0 Å². The fraction of sp³-hybridized carbons (Fsp3) is 0.726. The minimum atomic E-state index is -1.99. The third-order valence-electron chi connectivity index (χ3n) is 19.0. The zero-order valence-corrected chi connectivity index (χ0v) is 63.0. The lowest BCUT2D eigenvalue weighted by Crippen LogP contribution is -2.66. The molecule has 0 spiro atoms. The summed E-state index contributed by atoms with van der Waals surface area (Å²) >= 11 is 0. The first kappa shape index (κ1) is 93.1. The number of rotatable bonds is 61. The molecule has 17 atom stereocenters. The summed E-state index contributed by atoms with van der Waals surface area (Å²) in [4.78, 5) is 13.5. The van der Waals surface area contributed by atoms with E-state index < -0.39 is 124 Å². The van der Waals surface area contributed by atoms with Gasteiger partial charge in [-0.1, -0.05) is 289 Å². The maximum atomic E-state index is 13.5. The SMILES string of the molecule is CC/C=C\C/C=C\C/C=C\C/C=C\C/C=C\C/C=C\C/C=C\C/C=C\C/C=C\C/C=C\CCCCCCCCC(=O)NC(COC1OC(CO)C(OC2OC(CO)C(OC3OC(CO)C(O)C(O)C3O)C(O)C2O)C(O)C1O)C(O)/C=C/CCCCCCCCCCCCCCCCCCCCC. The number of aliphatic hydroxyl groups excluding tert-OH is 11. The number of carbonyl (C=O) groups excluding carboxylic acids is 1. The molecule has 3 aliphatic rings. The Morgan fingerprint density at radius 1 is 0.359 bits per heavy atom. The lowest BCUT2D eigenvalue weighted by molar-refractivity contribution is -0.379. The molecule has 12 N–H and O–H groups in total. The third-order valence-corrected chi connectivity index (χ3v) is 19.0. The van der Waals surface area contributed by atoms with Gasteiger partial charge in [-0.25, -0.2) is 0 Å². The standard InChI is InChI=1S/C84H141NO18/c1-3-5-7-9-11-13-15-17-19-21-23-25-26-27-28-29-30-31-32-33-34-35-36-37-38-39-40-42-44-46-48-50-52-54-56-58-60-62-72(90)85-67(68(89)61-59-57-55-53-51-49-47-45-43-41-24-22-20-18-16-14-12-10-8-6-4-2)66-98-82-78(96)75(93)80(70(64-87)100-82)103-84-79(97)76(94)81(71(65-88)101-84)102-83-77(95)74(92)73(91)69(63-86)99-83/h5,7,11,13,17,19,23,25,27-28,30-31,33-34,36-37,39-40,44,46,59,61,67-71,73-84,86-89,91-97H,3-4,6,8-10,12,14-16,18,20-22,24,26,29,32,35,38,41-43,45,47-58,60,62-66H2,1-2H3,(H,85,90)/b7-5-,13-11-,19-17-,25-23-,28-27-,31-30-,34-33-,37-36-,40-39-,46-44-,61-59+. The molecule has 3 rings (SSSR count). The largest absolute Gasteiger partial charge is 0.394 e. The van der Waals surface area contributed by atoms with E-state index in [0.29, 0.717) is 6.42 Å². The van der Waals surface area contributed by atoms with Gasteiger partial charge in [-0.3, -0.25) is 4.79 Å². The van der Waals surface area contributed by atoms with Gasteiger partial charge in [0.2, 0.25) is 5.91 Å². The zero-order chi connectivity index (χ0) is 74.6. The lowest BCUT2D eigenvalue weighted by Gasteiger charge is -2.48. The molecule has 0 aliphatic carbocycles. The molecule has 0 aromatic rings. The average Bonchev–Trinajstić information content (AvgIpc) is 0.781. The molecule has 590 valence electrons. The number of amides is 1. The third kappa shape index (κ3) is 42.9. The molecule has 1 amide bonds. The normalized spacial score (nSPS) is 26.8. The molecule has 0 radical (unpaired) electrons. The molecule has 0 saturated carbocycles. The Morgan fingerprint density at radius 2 is 0.670 bits per heavy atom. The van der Waals surface area contributed by atoms with Crippen LogP contribution in [-0.4, -0.2) is 193 Å². The summed E-state index contributed by atoms with van der Waals surface area (Å²) in [6.45, 7) is 1.62. The second kappa shape index (κ2) is 62.9. The van der Waals surface area contributed by atoms with Gasteiger partial charge in [-0.15, -0.1) is 0 Å². The topological polar surface area (TPSA) is 307 Å². The quantitative estimate of drug-likeness (QED) is 0.0199. The van der Waals surface area contributed by atoms with Crippen LogP contribution in [0.5, 0.6) is 0 Å². The first-order chi connectivity index (χ1) is 50.3. The van der Waals surface area contributed by atoms with E-state index in [0.717, 1.165) is 128 Å². The second-order valence-electron chi connectivity index (χ2n) is 27.8. The fourth-order valence-corrected chi connectivity index (χ4v) is 12.6. The first-order valence-electron chi connectivity index (χ1n) is 39.9. The Balaban J connectivity index is 1.38. The number of nitrogens with one attached hydrogen (secondary N) is 1. The van der Waals surface area contributed by atoms with Crippen LogP contribution in [0.1, 0.15) is 258 Å². The summed E-state index contributed by atoms with van der Waals surface area (Å²) in [5.41, 5.74) is 0. The van der Waals surface area contributed by atoms with E-state index in [2.05, 4.69) is 141 Å². The molecule has 3 heterocycles. The van der Waals surface area contributed by atoms with Gasteiger partial charge in [0.1, 0.15) is 73.2 Å². The Kier molecular flexibility index (Phi) is 56.9. The van der Waals surface area contributed by atoms with Crippen molar-refractivity contribution in [2.45, 2.75) is 362 Å². The van der Waals surface area contributed by atoms with Crippen LogP contribution in [-0.2, 0) is 33.2 Å². The van der Waals surface area contributed by atoms with Gasteiger partial charge in [0.05, 0.1) is 38.6 Å². The van der Waals surface area contributed by atoms with E-state index in [1.54, 1.807) is 6.08 Å². The number of hydrogen-bond donors (Lipinski definition) is 12. The minimum Gasteiger partial charge on any atom is -0.394 e. The number of allylic oxidation sites excluding steroid dienone is 21. The van der Waals surface area contributed by atoms with E-state index in [4.69, 9.17) is 28.4 Å². The maximum absolute atomic E-state index is 13.5. The molecule has 0 aromatic carbocycles. The zero-order valence-electron chi connectivity index (χ0n) is 63.0. The molecule has 103 heavy (non-hydrogen) atoms. The minimum absolute atomic E-state index is 0.218.